The van der Waals surface area contributed by atoms with Gasteiger partial charge in [-0.05, 0) is 5.53 Å². The van der Waals surface area contributed by atoms with Crippen molar-refractivity contribution in [3.05, 3.63) is 43.5 Å². The highest BCUT2D eigenvalue weighted by Gasteiger charge is 2.45. The zero-order valence-corrected chi connectivity index (χ0v) is 12.2. The number of carbonyl (C=O) groups excluding carboxylic acids is 1. The normalized spacial score (nSPS) is 26.5. The van der Waals surface area contributed by atoms with Gasteiger partial charge in [0.1, 0.15) is 6.23 Å². The van der Waals surface area contributed by atoms with Crippen LogP contribution in [0.1, 0.15) is 13.2 Å². The molecule has 1 fully saturated rings. The van der Waals surface area contributed by atoms with Crippen molar-refractivity contribution >= 4 is 5.97 Å². The van der Waals surface area contributed by atoms with E-state index >= 15 is 0 Å². The van der Waals surface area contributed by atoms with Crippen molar-refractivity contribution in [3.8, 4) is 0 Å². The Labute approximate surface area is 129 Å². The number of ether oxygens (including phenoxy) is 2. The summed E-state index contributed by atoms with van der Waals surface area (Å²) in [6.07, 6.45) is -0.629. The number of esters is 1. The van der Waals surface area contributed by atoms with E-state index in [1.165, 1.54) is 13.1 Å². The fraction of sp³-hybridized carbons (Fsp3) is 0.583. The van der Waals surface area contributed by atoms with Crippen LogP contribution in [0.2, 0.25) is 0 Å². The lowest BCUT2D eigenvalue weighted by atomic mass is 9.97. The minimum Gasteiger partial charge on any atom is -0.465 e. The van der Waals surface area contributed by atoms with Crippen molar-refractivity contribution in [2.75, 3.05) is 13.2 Å². The van der Waals surface area contributed by atoms with Crippen molar-refractivity contribution in [2.24, 2.45) is 11.0 Å². The third-order valence-corrected chi connectivity index (χ3v) is 3.49. The fourth-order valence-corrected chi connectivity index (χ4v) is 2.45. The Kier molecular flexibility index (Phi) is 5.16. The van der Waals surface area contributed by atoms with Gasteiger partial charge in [-0.2, -0.15) is 0 Å². The molecule has 0 aromatic carbocycles. The minimum atomic E-state index is -1.03. The van der Waals surface area contributed by atoms with E-state index < -0.39 is 48.1 Å². The molecule has 1 aromatic heterocycles. The van der Waals surface area contributed by atoms with Crippen LogP contribution in [0.5, 0.6) is 0 Å². The molecule has 0 radical (unpaired) electrons. The maximum absolute atomic E-state index is 11.9. The first-order chi connectivity index (χ1) is 11.0. The lowest BCUT2D eigenvalue weighted by Crippen LogP contribution is -2.36. The van der Waals surface area contributed by atoms with E-state index in [-0.39, 0.29) is 6.61 Å². The molecule has 1 aliphatic rings. The van der Waals surface area contributed by atoms with Gasteiger partial charge in [0.25, 0.3) is 5.56 Å². The third-order valence-electron chi connectivity index (χ3n) is 3.49. The van der Waals surface area contributed by atoms with Crippen molar-refractivity contribution in [1.29, 1.82) is 0 Å². The van der Waals surface area contributed by atoms with Gasteiger partial charge in [0.2, 0.25) is 0 Å². The van der Waals surface area contributed by atoms with Crippen LogP contribution in [0.4, 0.5) is 0 Å². The van der Waals surface area contributed by atoms with Gasteiger partial charge in [-0.1, -0.05) is 5.11 Å². The van der Waals surface area contributed by atoms with E-state index in [2.05, 4.69) is 15.0 Å². The molecule has 0 amide bonds. The summed E-state index contributed by atoms with van der Waals surface area (Å²) in [6, 6.07) is 0.214. The van der Waals surface area contributed by atoms with Gasteiger partial charge in [0.15, 0.2) is 0 Å². The second-order valence-corrected chi connectivity index (χ2v) is 4.93. The van der Waals surface area contributed by atoms with Crippen LogP contribution >= 0.6 is 0 Å². The number of rotatable bonds is 5. The zero-order valence-electron chi connectivity index (χ0n) is 12.2. The number of H-pyrrole nitrogens is 1. The van der Waals surface area contributed by atoms with E-state index in [9.17, 15) is 19.5 Å². The monoisotopic (exact) mass is 325 g/mol. The number of nitrogens with one attached hydrogen (secondary N) is 1. The van der Waals surface area contributed by atoms with Crippen LogP contribution in [0.25, 0.3) is 10.4 Å². The van der Waals surface area contributed by atoms with E-state index in [1.54, 1.807) is 0 Å². The van der Waals surface area contributed by atoms with Gasteiger partial charge in [-0.25, -0.2) is 4.79 Å². The van der Waals surface area contributed by atoms with E-state index in [1.807, 2.05) is 0 Å². The highest BCUT2D eigenvalue weighted by molar-refractivity contribution is 5.65. The number of aliphatic hydroxyl groups is 1. The third kappa shape index (κ3) is 3.59. The Hall–Kier alpha value is -2.62. The average molecular weight is 325 g/mol. The molecule has 2 heterocycles. The number of hydrogen-bond acceptors (Lipinski definition) is 7. The highest BCUT2D eigenvalue weighted by Crippen LogP contribution is 2.35. The molecule has 2 rings (SSSR count). The predicted molar refractivity (Wildman–Crippen MR) is 75.4 cm³/mol. The Morgan fingerprint density at radius 2 is 2.35 bits per heavy atom. The molecule has 11 heteroatoms. The first-order valence-corrected chi connectivity index (χ1v) is 6.73. The van der Waals surface area contributed by atoms with E-state index in [0.29, 0.717) is 0 Å². The zero-order chi connectivity index (χ0) is 17.0. The van der Waals surface area contributed by atoms with Crippen molar-refractivity contribution < 1.29 is 19.4 Å². The fourth-order valence-electron chi connectivity index (χ4n) is 2.45. The number of carbonyl (C=O) groups is 1. The summed E-state index contributed by atoms with van der Waals surface area (Å²) in [6.45, 7) is 0.660. The molecule has 0 unspecified atom stereocenters. The molecule has 2 N–H and O–H groups in total. The summed E-state index contributed by atoms with van der Waals surface area (Å²) in [5, 5.41) is 13.0. The predicted octanol–water partition coefficient (Wildman–Crippen LogP) is -0.715. The molecule has 1 saturated heterocycles. The molecule has 4 atom stereocenters. The Morgan fingerprint density at radius 1 is 1.61 bits per heavy atom. The second kappa shape index (κ2) is 7.09. The maximum atomic E-state index is 11.9. The summed E-state index contributed by atoms with van der Waals surface area (Å²) in [4.78, 5) is 38.8. The van der Waals surface area contributed by atoms with E-state index in [4.69, 9.17) is 15.0 Å². The summed E-state index contributed by atoms with van der Waals surface area (Å²) >= 11 is 0. The second-order valence-electron chi connectivity index (χ2n) is 4.93. The SMILES string of the molecule is CC(=O)OC[C@H]1[C@@H](N=[N+]=[N-])[C@H](n2ccc(=O)[nH]c2=O)O[C@@H]1CO. The van der Waals surface area contributed by atoms with Crippen LogP contribution in [-0.4, -0.2) is 46.0 Å². The maximum Gasteiger partial charge on any atom is 0.330 e. The number of aromatic amines is 1. The first kappa shape index (κ1) is 16.7. The van der Waals surface area contributed by atoms with Crippen LogP contribution in [0.3, 0.4) is 0 Å². The molecule has 0 bridgehead atoms. The first-order valence-electron chi connectivity index (χ1n) is 6.73. The number of azide groups is 1. The van der Waals surface area contributed by atoms with Crippen LogP contribution in [0.15, 0.2) is 27.0 Å². The molecular formula is C12H15N5O6. The van der Waals surface area contributed by atoms with Crippen molar-refractivity contribution in [2.45, 2.75) is 25.3 Å². The van der Waals surface area contributed by atoms with Gasteiger partial charge >= 0.3 is 11.7 Å². The van der Waals surface area contributed by atoms with Gasteiger partial charge < -0.3 is 14.6 Å². The Bertz CT molecular complexity index is 736. The van der Waals surface area contributed by atoms with Crippen LogP contribution < -0.4 is 11.2 Å². The Morgan fingerprint density at radius 3 is 2.91 bits per heavy atom. The standard InChI is InChI=1S/C12H15N5O6/c1-6(19)22-5-7-8(4-18)23-11(10(7)15-16-13)17-3-2-9(20)14-12(17)21/h2-3,7-8,10-11,18H,4-5H2,1H3,(H,14,20,21)/t7-,8-,10-,11-/m1/s1. The molecule has 1 aliphatic heterocycles. The van der Waals surface area contributed by atoms with Gasteiger partial charge in [-0.3, -0.25) is 19.1 Å². The molecule has 1 aromatic rings. The molecule has 11 nitrogen and oxygen atoms in total. The molecule has 124 valence electrons. The number of aliphatic hydroxyl groups excluding tert-OH is 1. The lowest BCUT2D eigenvalue weighted by molar-refractivity contribution is -0.143. The minimum absolute atomic E-state index is 0.140. The quantitative estimate of drug-likeness (QED) is 0.314. The number of hydrogen-bond donors (Lipinski definition) is 2. The molecule has 23 heavy (non-hydrogen) atoms. The molecule has 0 spiro atoms. The van der Waals surface area contributed by atoms with Gasteiger partial charge in [0.05, 0.1) is 25.4 Å². The van der Waals surface area contributed by atoms with Crippen LogP contribution in [0, 0.1) is 5.92 Å². The topological polar surface area (TPSA) is 159 Å². The smallest absolute Gasteiger partial charge is 0.330 e. The van der Waals surface area contributed by atoms with Crippen LogP contribution in [-0.2, 0) is 14.3 Å². The molecule has 0 aliphatic carbocycles. The molecule has 0 saturated carbocycles. The van der Waals surface area contributed by atoms with Crippen molar-refractivity contribution in [1.82, 2.24) is 9.55 Å². The van der Waals surface area contributed by atoms with Gasteiger partial charge in [-0.15, -0.1) is 0 Å². The highest BCUT2D eigenvalue weighted by atomic mass is 16.5. The number of nitrogens with zero attached hydrogens (tertiary/aromatic N) is 4. The number of aromatic nitrogens is 2. The largest absolute Gasteiger partial charge is 0.465 e. The average Bonchev–Trinajstić information content (AvgIpc) is 2.83. The Balaban J connectivity index is 2.38. The summed E-state index contributed by atoms with van der Waals surface area (Å²) in [5.74, 6) is -1.17. The molecular weight excluding hydrogens is 310 g/mol. The lowest BCUT2D eigenvalue weighted by Gasteiger charge is -2.19. The summed E-state index contributed by atoms with van der Waals surface area (Å²) < 4.78 is 11.5. The summed E-state index contributed by atoms with van der Waals surface area (Å²) in [7, 11) is 0. The van der Waals surface area contributed by atoms with Gasteiger partial charge in [0, 0.05) is 30.0 Å². The van der Waals surface area contributed by atoms with E-state index in [0.717, 1.165) is 10.6 Å². The van der Waals surface area contributed by atoms with Crippen molar-refractivity contribution in [3.63, 3.8) is 0 Å². The summed E-state index contributed by atoms with van der Waals surface area (Å²) in [5.41, 5.74) is 7.42.